The first-order valence-corrected chi connectivity index (χ1v) is 8.31. The molecule has 0 amide bonds. The molecule has 0 aliphatic rings. The van der Waals surface area contributed by atoms with Crippen LogP contribution in [0.15, 0.2) is 41.0 Å². The van der Waals surface area contributed by atoms with Crippen LogP contribution in [0.3, 0.4) is 0 Å². The van der Waals surface area contributed by atoms with Crippen molar-refractivity contribution in [1.29, 1.82) is 0 Å². The zero-order valence-corrected chi connectivity index (χ0v) is 15.5. The van der Waals surface area contributed by atoms with Gasteiger partial charge in [0, 0.05) is 10.7 Å². The maximum atomic E-state index is 11.7. The van der Waals surface area contributed by atoms with Crippen molar-refractivity contribution in [2.45, 2.75) is 32.6 Å². The monoisotopic (exact) mass is 396 g/mol. The molecule has 4 nitrogen and oxygen atoms in total. The fourth-order valence-corrected chi connectivity index (χ4v) is 3.52. The summed E-state index contributed by atoms with van der Waals surface area (Å²) in [5.74, 6) is -0.894. The Bertz CT molecular complexity index is 683. The molecule has 0 radical (unpaired) electrons. The summed E-state index contributed by atoms with van der Waals surface area (Å²) >= 11 is 9.45. The summed E-state index contributed by atoms with van der Waals surface area (Å²) in [7, 11) is 0. The van der Waals surface area contributed by atoms with Crippen molar-refractivity contribution in [3.63, 3.8) is 0 Å². The van der Waals surface area contributed by atoms with Crippen LogP contribution in [0.1, 0.15) is 38.4 Å². The van der Waals surface area contributed by atoms with E-state index in [1.54, 1.807) is 12.3 Å². The molecule has 1 atom stereocenters. The van der Waals surface area contributed by atoms with Gasteiger partial charge in [-0.05, 0) is 40.8 Å². The van der Waals surface area contributed by atoms with Gasteiger partial charge in [0.25, 0.3) is 0 Å². The highest BCUT2D eigenvalue weighted by molar-refractivity contribution is 9.10. The van der Waals surface area contributed by atoms with Crippen molar-refractivity contribution < 1.29 is 9.90 Å². The molecule has 0 saturated heterocycles. The van der Waals surface area contributed by atoms with E-state index in [0.29, 0.717) is 5.69 Å². The van der Waals surface area contributed by atoms with E-state index in [4.69, 9.17) is 11.6 Å². The minimum atomic E-state index is -0.894. The van der Waals surface area contributed by atoms with Crippen molar-refractivity contribution in [3.8, 4) is 0 Å². The summed E-state index contributed by atoms with van der Waals surface area (Å²) in [5, 5.41) is 9.69. The molecular formula is C17H18BrClN2O2. The molecular weight excluding hydrogens is 380 g/mol. The average Bonchev–Trinajstić information content (AvgIpc) is 2.43. The lowest BCUT2D eigenvalue weighted by atomic mass is 9.59. The molecule has 1 unspecified atom stereocenters. The number of rotatable bonds is 4. The summed E-state index contributed by atoms with van der Waals surface area (Å²) in [6, 6.07) is 9.40. The van der Waals surface area contributed by atoms with Crippen LogP contribution in [0.4, 0.5) is 0 Å². The molecule has 1 aromatic heterocycles. The smallest absolute Gasteiger partial charge is 0.304 e. The third kappa shape index (κ3) is 3.56. The Labute approximate surface area is 149 Å². The summed E-state index contributed by atoms with van der Waals surface area (Å²) in [4.78, 5) is 20.0. The number of carboxylic acid groups (broad SMARTS) is 1. The number of aliphatic carboxylic acids is 1. The van der Waals surface area contributed by atoms with Crippen LogP contribution in [0.2, 0.25) is 5.28 Å². The summed E-state index contributed by atoms with van der Waals surface area (Å²) in [6.07, 6.45) is 1.46. The number of carboxylic acids is 1. The summed E-state index contributed by atoms with van der Waals surface area (Å²) in [6.45, 7) is 6.02. The first-order chi connectivity index (χ1) is 10.7. The lowest BCUT2D eigenvalue weighted by molar-refractivity contribution is -0.139. The zero-order valence-electron chi connectivity index (χ0n) is 13.2. The van der Waals surface area contributed by atoms with E-state index >= 15 is 0 Å². The van der Waals surface area contributed by atoms with Crippen molar-refractivity contribution in [2.75, 3.05) is 0 Å². The van der Waals surface area contributed by atoms with Crippen LogP contribution in [-0.2, 0) is 10.2 Å². The topological polar surface area (TPSA) is 63.1 Å². The Balaban J connectivity index is 2.83. The van der Waals surface area contributed by atoms with Gasteiger partial charge in [-0.2, -0.15) is 0 Å². The van der Waals surface area contributed by atoms with Crippen LogP contribution in [-0.4, -0.2) is 21.0 Å². The van der Waals surface area contributed by atoms with Gasteiger partial charge in [0.05, 0.1) is 17.5 Å². The third-order valence-electron chi connectivity index (χ3n) is 4.08. The second-order valence-electron chi connectivity index (χ2n) is 6.45. The largest absolute Gasteiger partial charge is 0.481 e. The molecule has 0 saturated carbocycles. The van der Waals surface area contributed by atoms with Gasteiger partial charge in [-0.1, -0.05) is 48.8 Å². The summed E-state index contributed by atoms with van der Waals surface area (Å²) < 4.78 is 0.883. The van der Waals surface area contributed by atoms with Gasteiger partial charge in [0.1, 0.15) is 0 Å². The van der Waals surface area contributed by atoms with Crippen molar-refractivity contribution in [1.82, 2.24) is 9.97 Å². The van der Waals surface area contributed by atoms with E-state index in [2.05, 4.69) is 25.9 Å². The molecule has 6 heteroatoms. The van der Waals surface area contributed by atoms with E-state index in [1.165, 1.54) is 0 Å². The quantitative estimate of drug-likeness (QED) is 0.760. The maximum Gasteiger partial charge on any atom is 0.304 e. The molecule has 2 rings (SSSR count). The number of aromatic nitrogens is 2. The highest BCUT2D eigenvalue weighted by Crippen LogP contribution is 2.49. The highest BCUT2D eigenvalue weighted by Gasteiger charge is 2.48. The molecule has 1 N–H and O–H groups in total. The third-order valence-corrected chi connectivity index (χ3v) is 4.75. The number of nitrogens with zero attached hydrogens (tertiary/aromatic N) is 2. The van der Waals surface area contributed by atoms with Crippen LogP contribution in [0.25, 0.3) is 0 Å². The highest BCUT2D eigenvalue weighted by atomic mass is 79.9. The molecule has 1 aromatic carbocycles. The summed E-state index contributed by atoms with van der Waals surface area (Å²) in [5.41, 5.74) is 0.223. The Morgan fingerprint density at radius 1 is 1.30 bits per heavy atom. The normalized spacial score (nSPS) is 14.3. The lowest BCUT2D eigenvalue weighted by Crippen LogP contribution is -2.44. The fraction of sp³-hybridized carbons (Fsp3) is 0.353. The first kappa shape index (κ1) is 17.9. The van der Waals surface area contributed by atoms with Crippen LogP contribution >= 0.6 is 27.5 Å². The predicted octanol–water partition coefficient (Wildman–Crippen LogP) is 4.70. The number of carbonyl (C=O) groups is 1. The van der Waals surface area contributed by atoms with E-state index in [0.717, 1.165) is 10.0 Å². The molecule has 0 aliphatic carbocycles. The van der Waals surface area contributed by atoms with Crippen LogP contribution < -0.4 is 0 Å². The minimum absolute atomic E-state index is 0.0969. The van der Waals surface area contributed by atoms with Gasteiger partial charge in [-0.25, -0.2) is 9.97 Å². The van der Waals surface area contributed by atoms with Crippen molar-refractivity contribution in [3.05, 3.63) is 57.5 Å². The first-order valence-electron chi connectivity index (χ1n) is 7.14. The molecule has 2 aromatic rings. The zero-order chi connectivity index (χ0) is 17.3. The van der Waals surface area contributed by atoms with Crippen LogP contribution in [0.5, 0.6) is 0 Å². The Morgan fingerprint density at radius 2 is 2.00 bits per heavy atom. The molecule has 1 heterocycles. The van der Waals surface area contributed by atoms with Gasteiger partial charge in [-0.3, -0.25) is 4.79 Å². The van der Waals surface area contributed by atoms with Gasteiger partial charge in [0.15, 0.2) is 0 Å². The maximum absolute atomic E-state index is 11.7. The van der Waals surface area contributed by atoms with Gasteiger partial charge < -0.3 is 5.11 Å². The van der Waals surface area contributed by atoms with Gasteiger partial charge in [0.2, 0.25) is 5.28 Å². The second kappa shape index (κ2) is 6.57. The molecule has 0 spiro atoms. The second-order valence-corrected chi connectivity index (χ2v) is 7.70. The Hall–Kier alpha value is -1.46. The molecule has 0 fully saturated rings. The van der Waals surface area contributed by atoms with E-state index in [9.17, 15) is 9.90 Å². The van der Waals surface area contributed by atoms with E-state index in [-0.39, 0.29) is 11.7 Å². The van der Waals surface area contributed by atoms with Gasteiger partial charge >= 0.3 is 5.97 Å². The number of halogens is 2. The number of hydrogen-bond donors (Lipinski definition) is 1. The minimum Gasteiger partial charge on any atom is -0.481 e. The number of hydrogen-bond acceptors (Lipinski definition) is 3. The van der Waals surface area contributed by atoms with E-state index in [1.807, 2.05) is 45.0 Å². The van der Waals surface area contributed by atoms with Crippen LogP contribution in [0, 0.1) is 5.41 Å². The Kier molecular flexibility index (Phi) is 5.11. The number of benzene rings is 1. The Morgan fingerprint density at radius 3 is 2.52 bits per heavy atom. The molecule has 23 heavy (non-hydrogen) atoms. The average molecular weight is 398 g/mol. The molecule has 122 valence electrons. The SMILES string of the molecule is CC(C)(C)C(CC(=O)O)(c1cccc(Br)c1)c1ccnc(Cl)n1. The van der Waals surface area contributed by atoms with Crippen molar-refractivity contribution >= 4 is 33.5 Å². The van der Waals surface area contributed by atoms with Crippen molar-refractivity contribution in [2.24, 2.45) is 5.41 Å². The molecule has 0 aliphatic heterocycles. The molecule has 0 bridgehead atoms. The van der Waals surface area contributed by atoms with E-state index < -0.39 is 16.8 Å². The van der Waals surface area contributed by atoms with Gasteiger partial charge in [-0.15, -0.1) is 0 Å². The lowest BCUT2D eigenvalue weighted by Gasteiger charge is -2.44. The predicted molar refractivity (Wildman–Crippen MR) is 93.7 cm³/mol. The fourth-order valence-electron chi connectivity index (χ4n) is 2.98. The standard InChI is InChI=1S/C17H18BrClN2O2/c1-16(2,3)17(10-14(22)23,11-5-4-6-12(18)9-11)13-7-8-20-15(19)21-13/h4-9H,10H2,1-3H3,(H,22,23).